The number of thioether (sulfide) groups is 1. The number of halogens is 1. The Balaban J connectivity index is 2.04. The molecule has 2 unspecified atom stereocenters. The topological polar surface area (TPSA) is 77.8 Å². The smallest absolute Gasteiger partial charge is 0.326 e. The Kier molecular flexibility index (Phi) is 5.13. The number of carboxylic acid groups (broad SMARTS) is 1. The molecule has 0 spiro atoms. The fourth-order valence-corrected chi connectivity index (χ4v) is 3.36. The van der Waals surface area contributed by atoms with Crippen LogP contribution in [0.25, 0.3) is 0 Å². The predicted octanol–water partition coefficient (Wildman–Crippen LogP) is 1.87. The molecule has 1 aromatic rings. The summed E-state index contributed by atoms with van der Waals surface area (Å²) in [6, 6.07) is 6.15. The van der Waals surface area contributed by atoms with Crippen molar-refractivity contribution in [3.63, 3.8) is 0 Å². The van der Waals surface area contributed by atoms with Gasteiger partial charge in [0.2, 0.25) is 5.91 Å². The Bertz CT molecular complexity index is 536. The van der Waals surface area contributed by atoms with Gasteiger partial charge in [0, 0.05) is 22.9 Å². The summed E-state index contributed by atoms with van der Waals surface area (Å²) in [5.74, 6) is -1.36. The molecule has 21 heavy (non-hydrogen) atoms. The Labute approximate surface area is 131 Å². The lowest BCUT2D eigenvalue weighted by atomic mass is 10.2. The van der Waals surface area contributed by atoms with Gasteiger partial charge >= 0.3 is 5.97 Å². The molecule has 2 rings (SSSR count). The largest absolute Gasteiger partial charge is 0.480 e. The summed E-state index contributed by atoms with van der Waals surface area (Å²) >= 11 is 7.14. The first-order valence-electron chi connectivity index (χ1n) is 6.52. The van der Waals surface area contributed by atoms with Gasteiger partial charge in [-0.05, 0) is 31.2 Å². The maximum absolute atomic E-state index is 12.4. The average molecular weight is 330 g/mol. The Hall–Kier alpha value is -1.24. The Morgan fingerprint density at radius 1 is 1.38 bits per heavy atom. The summed E-state index contributed by atoms with van der Waals surface area (Å²) in [4.78, 5) is 25.7. The van der Waals surface area contributed by atoms with E-state index in [0.717, 1.165) is 4.90 Å². The molecule has 1 heterocycles. The second-order valence-electron chi connectivity index (χ2n) is 4.95. The maximum Gasteiger partial charge on any atom is 0.326 e. The van der Waals surface area contributed by atoms with Crippen molar-refractivity contribution >= 4 is 35.2 Å². The molecule has 0 bridgehead atoms. The van der Waals surface area contributed by atoms with Crippen LogP contribution >= 0.6 is 23.4 Å². The van der Waals surface area contributed by atoms with E-state index in [1.807, 2.05) is 12.1 Å². The van der Waals surface area contributed by atoms with Crippen molar-refractivity contribution < 1.29 is 19.8 Å². The number of hydrogen-bond donors (Lipinski definition) is 2. The fraction of sp³-hybridized carbons (Fsp3) is 0.429. The molecule has 0 aliphatic carbocycles. The average Bonchev–Trinajstić information content (AvgIpc) is 2.82. The van der Waals surface area contributed by atoms with Gasteiger partial charge < -0.3 is 15.1 Å². The molecular formula is C14H16ClNO4S. The second kappa shape index (κ2) is 6.68. The molecule has 1 amide bonds. The summed E-state index contributed by atoms with van der Waals surface area (Å²) in [5.41, 5.74) is 0. The molecule has 0 aromatic heterocycles. The van der Waals surface area contributed by atoms with E-state index < -0.39 is 23.4 Å². The van der Waals surface area contributed by atoms with Crippen LogP contribution in [0.3, 0.4) is 0 Å². The third-order valence-electron chi connectivity index (χ3n) is 3.32. The van der Waals surface area contributed by atoms with E-state index in [1.165, 1.54) is 16.7 Å². The Morgan fingerprint density at radius 2 is 2.00 bits per heavy atom. The zero-order valence-corrected chi connectivity index (χ0v) is 13.0. The minimum absolute atomic E-state index is 0.0708. The molecular weight excluding hydrogens is 314 g/mol. The molecule has 114 valence electrons. The van der Waals surface area contributed by atoms with E-state index in [-0.39, 0.29) is 18.9 Å². The molecule has 1 aliphatic rings. The highest BCUT2D eigenvalue weighted by Crippen LogP contribution is 2.28. The number of amides is 1. The number of nitrogens with zero attached hydrogens (tertiary/aromatic N) is 1. The van der Waals surface area contributed by atoms with Crippen molar-refractivity contribution in [3.8, 4) is 0 Å². The number of aliphatic hydroxyl groups is 1. The lowest BCUT2D eigenvalue weighted by Gasteiger charge is -2.24. The van der Waals surface area contributed by atoms with Gasteiger partial charge in [0.25, 0.3) is 0 Å². The maximum atomic E-state index is 12.4. The van der Waals surface area contributed by atoms with Crippen molar-refractivity contribution in [1.29, 1.82) is 0 Å². The van der Waals surface area contributed by atoms with E-state index >= 15 is 0 Å². The number of aliphatic hydroxyl groups excluding tert-OH is 1. The summed E-state index contributed by atoms with van der Waals surface area (Å²) in [5, 5.41) is 18.9. The molecule has 5 nitrogen and oxygen atoms in total. The highest BCUT2D eigenvalue weighted by molar-refractivity contribution is 8.00. The molecule has 2 N–H and O–H groups in total. The Morgan fingerprint density at radius 3 is 2.57 bits per heavy atom. The minimum atomic E-state index is -1.08. The van der Waals surface area contributed by atoms with Crippen molar-refractivity contribution in [3.05, 3.63) is 29.3 Å². The monoisotopic (exact) mass is 329 g/mol. The van der Waals surface area contributed by atoms with Crippen LogP contribution in [0.5, 0.6) is 0 Å². The lowest BCUT2D eigenvalue weighted by molar-refractivity contribution is -0.147. The van der Waals surface area contributed by atoms with Gasteiger partial charge in [-0.25, -0.2) is 4.79 Å². The van der Waals surface area contributed by atoms with E-state index in [9.17, 15) is 14.7 Å². The van der Waals surface area contributed by atoms with E-state index in [0.29, 0.717) is 5.02 Å². The molecule has 1 fully saturated rings. The minimum Gasteiger partial charge on any atom is -0.480 e. The molecule has 0 radical (unpaired) electrons. The van der Waals surface area contributed by atoms with E-state index in [4.69, 9.17) is 16.7 Å². The summed E-state index contributed by atoms with van der Waals surface area (Å²) in [7, 11) is 0. The van der Waals surface area contributed by atoms with Gasteiger partial charge in [0.15, 0.2) is 0 Å². The standard InChI is InChI=1S/C14H16ClNO4S/c1-8(21-11-4-2-9(15)3-5-11)13(18)16-7-10(17)6-12(16)14(19)20/h2-5,8,10,12,17H,6-7H2,1H3,(H,19,20)/t8?,10?,12-/m0/s1. The van der Waals surface area contributed by atoms with Crippen LogP contribution in [0, 0.1) is 0 Å². The number of carboxylic acids is 1. The normalized spacial score (nSPS) is 23.1. The molecule has 7 heteroatoms. The summed E-state index contributed by atoms with van der Waals surface area (Å²) in [6.07, 6.45) is -0.692. The molecule has 1 aliphatic heterocycles. The van der Waals surface area contributed by atoms with Crippen molar-refractivity contribution in [2.24, 2.45) is 0 Å². The number of benzene rings is 1. The quantitative estimate of drug-likeness (QED) is 0.825. The number of β-amino-alcohol motifs (C(OH)–C–C–N with tert-alkyl or cyclic N) is 1. The third-order valence-corrected chi connectivity index (χ3v) is 4.67. The number of hydrogen-bond acceptors (Lipinski definition) is 4. The molecule has 3 atom stereocenters. The van der Waals surface area contributed by atoms with E-state index in [2.05, 4.69) is 0 Å². The van der Waals surface area contributed by atoms with Gasteiger partial charge in [-0.3, -0.25) is 4.79 Å². The highest BCUT2D eigenvalue weighted by Gasteiger charge is 2.40. The second-order valence-corrected chi connectivity index (χ2v) is 6.80. The first kappa shape index (κ1) is 16.1. The van der Waals surface area contributed by atoms with Crippen molar-refractivity contribution in [1.82, 2.24) is 4.90 Å². The number of likely N-dealkylation sites (tertiary alicyclic amines) is 1. The van der Waals surface area contributed by atoms with Gasteiger partial charge in [-0.2, -0.15) is 0 Å². The highest BCUT2D eigenvalue weighted by atomic mass is 35.5. The van der Waals surface area contributed by atoms with Gasteiger partial charge in [0.1, 0.15) is 6.04 Å². The third kappa shape index (κ3) is 3.90. The van der Waals surface area contributed by atoms with Gasteiger partial charge in [-0.15, -0.1) is 11.8 Å². The van der Waals surface area contributed by atoms with Crippen LogP contribution in [-0.4, -0.2) is 50.9 Å². The van der Waals surface area contributed by atoms with Crippen LogP contribution < -0.4 is 0 Å². The first-order chi connectivity index (χ1) is 9.88. The number of rotatable bonds is 4. The van der Waals surface area contributed by atoms with Crippen LogP contribution in [-0.2, 0) is 9.59 Å². The number of carbonyl (C=O) groups is 2. The van der Waals surface area contributed by atoms with Crippen LogP contribution in [0.1, 0.15) is 13.3 Å². The predicted molar refractivity (Wildman–Crippen MR) is 80.5 cm³/mol. The van der Waals surface area contributed by atoms with Crippen LogP contribution in [0.4, 0.5) is 0 Å². The van der Waals surface area contributed by atoms with Gasteiger partial charge in [-0.1, -0.05) is 11.6 Å². The van der Waals surface area contributed by atoms with Crippen LogP contribution in [0.15, 0.2) is 29.2 Å². The zero-order chi connectivity index (χ0) is 15.6. The number of aliphatic carboxylic acids is 1. The number of carbonyl (C=O) groups excluding carboxylic acids is 1. The van der Waals surface area contributed by atoms with Gasteiger partial charge in [0.05, 0.1) is 11.4 Å². The fourth-order valence-electron chi connectivity index (χ4n) is 2.29. The SMILES string of the molecule is CC(Sc1ccc(Cl)cc1)C(=O)N1CC(O)C[C@H]1C(=O)O. The summed E-state index contributed by atoms with van der Waals surface area (Å²) in [6.45, 7) is 1.80. The summed E-state index contributed by atoms with van der Waals surface area (Å²) < 4.78 is 0. The first-order valence-corrected chi connectivity index (χ1v) is 7.78. The zero-order valence-electron chi connectivity index (χ0n) is 11.4. The van der Waals surface area contributed by atoms with Crippen molar-refractivity contribution in [2.75, 3.05) is 6.54 Å². The lowest BCUT2D eigenvalue weighted by Crippen LogP contribution is -2.44. The van der Waals surface area contributed by atoms with E-state index in [1.54, 1.807) is 19.1 Å². The molecule has 1 saturated heterocycles. The van der Waals surface area contributed by atoms with Crippen LogP contribution in [0.2, 0.25) is 5.02 Å². The van der Waals surface area contributed by atoms with Crippen molar-refractivity contribution in [2.45, 2.75) is 35.6 Å². The molecule has 0 saturated carbocycles. The molecule has 1 aromatic carbocycles.